The highest BCUT2D eigenvalue weighted by Gasteiger charge is 2.44. The van der Waals surface area contributed by atoms with Crippen molar-refractivity contribution in [1.29, 1.82) is 0 Å². The van der Waals surface area contributed by atoms with E-state index in [1.807, 2.05) is 57.5 Å². The molecule has 184 valence electrons. The van der Waals surface area contributed by atoms with E-state index in [1.54, 1.807) is 23.4 Å². The highest BCUT2D eigenvalue weighted by molar-refractivity contribution is 7.13. The zero-order chi connectivity index (χ0) is 25.2. The highest BCUT2D eigenvalue weighted by Crippen LogP contribution is 2.29. The predicted molar refractivity (Wildman–Crippen MR) is 132 cm³/mol. The first kappa shape index (κ1) is 25.6. The molecule has 3 N–H and O–H groups in total. The number of anilines is 1. The third kappa shape index (κ3) is 5.74. The molecule has 2 aromatic rings. The molecule has 0 radical (unpaired) electrons. The first-order chi connectivity index (χ1) is 15.9. The molecular formula is C24H33N5O4S. The van der Waals surface area contributed by atoms with Crippen LogP contribution in [0, 0.1) is 12.3 Å². The number of aromatic nitrogens is 1. The molecule has 0 saturated carbocycles. The Morgan fingerprint density at radius 2 is 1.88 bits per heavy atom. The summed E-state index contributed by atoms with van der Waals surface area (Å²) in [5, 5.41) is 14.5. The molecule has 1 aliphatic heterocycles. The number of aryl methyl sites for hydroxylation is 1. The maximum absolute atomic E-state index is 13.3. The van der Waals surface area contributed by atoms with Gasteiger partial charge in [0, 0.05) is 26.9 Å². The summed E-state index contributed by atoms with van der Waals surface area (Å²) in [4.78, 5) is 44.9. The van der Waals surface area contributed by atoms with Crippen molar-refractivity contribution in [2.24, 2.45) is 5.41 Å². The maximum Gasteiger partial charge on any atom is 0.261 e. The van der Waals surface area contributed by atoms with Gasteiger partial charge in [-0.3, -0.25) is 24.8 Å². The molecule has 3 atom stereocenters. The first-order valence-electron chi connectivity index (χ1n) is 11.2. The number of β-amino-alcohol motifs (C(OH)–C–C–N with tert-alkyl or cyclic N) is 1. The van der Waals surface area contributed by atoms with Crippen molar-refractivity contribution < 1.29 is 19.5 Å². The van der Waals surface area contributed by atoms with Gasteiger partial charge in [0.25, 0.3) is 5.91 Å². The number of thiazole rings is 1. The van der Waals surface area contributed by atoms with E-state index in [9.17, 15) is 19.5 Å². The first-order valence-corrected chi connectivity index (χ1v) is 12.1. The standard InChI is InChI=1S/C24H33N5O4S/c1-14-20(34-13-25-14)16-7-9-17(10-8-16)28(6)27-22(32)19-11-18(31)12-29(19)23(33)21(24(3,4)5)26-15(2)30/h7-10,13,18-19,21,31H,11-12H2,1-6H3,(H,26,30)(H,27,32)/t18-,19+,21-/m1/s1. The smallest absolute Gasteiger partial charge is 0.261 e. The minimum Gasteiger partial charge on any atom is -0.391 e. The van der Waals surface area contributed by atoms with Gasteiger partial charge in [-0.15, -0.1) is 11.3 Å². The minimum absolute atomic E-state index is 0.0374. The number of aliphatic hydroxyl groups is 1. The molecule has 1 aliphatic rings. The van der Waals surface area contributed by atoms with Crippen LogP contribution in [0.1, 0.15) is 39.8 Å². The molecule has 1 saturated heterocycles. The summed E-state index contributed by atoms with van der Waals surface area (Å²) in [6, 6.07) is 6.07. The Labute approximate surface area is 204 Å². The molecular weight excluding hydrogens is 454 g/mol. The summed E-state index contributed by atoms with van der Waals surface area (Å²) >= 11 is 1.57. The number of carbonyl (C=O) groups excluding carboxylic acids is 3. The van der Waals surface area contributed by atoms with Crippen LogP contribution < -0.4 is 15.8 Å². The molecule has 0 bridgehead atoms. The number of hydrazine groups is 1. The molecule has 9 nitrogen and oxygen atoms in total. The molecule has 10 heteroatoms. The summed E-state index contributed by atoms with van der Waals surface area (Å²) in [5.74, 6) is -1.11. The second kappa shape index (κ2) is 10.1. The number of benzene rings is 1. The molecule has 1 aromatic carbocycles. The summed E-state index contributed by atoms with van der Waals surface area (Å²) < 4.78 is 0. The van der Waals surface area contributed by atoms with Crippen LogP contribution in [0.2, 0.25) is 0 Å². The average Bonchev–Trinajstić information content (AvgIpc) is 3.36. The number of hydrogen-bond acceptors (Lipinski definition) is 7. The molecule has 0 aliphatic carbocycles. The van der Waals surface area contributed by atoms with Crippen molar-refractivity contribution >= 4 is 34.7 Å². The SMILES string of the molecule is CC(=O)N[C@H](C(=O)N1C[C@H](O)C[C@H]1C(=O)NN(C)c1ccc(-c2scnc2C)cc1)C(C)(C)C. The molecule has 3 amide bonds. The van der Waals surface area contributed by atoms with Gasteiger partial charge in [-0.05, 0) is 30.0 Å². The molecule has 2 heterocycles. The van der Waals surface area contributed by atoms with Gasteiger partial charge in [0.15, 0.2) is 0 Å². The van der Waals surface area contributed by atoms with E-state index in [4.69, 9.17) is 0 Å². The van der Waals surface area contributed by atoms with Crippen LogP contribution in [-0.4, -0.2) is 64.5 Å². The quantitative estimate of drug-likeness (QED) is 0.538. The highest BCUT2D eigenvalue weighted by atomic mass is 32.1. The van der Waals surface area contributed by atoms with Crippen molar-refractivity contribution in [2.75, 3.05) is 18.6 Å². The van der Waals surface area contributed by atoms with Gasteiger partial charge in [0.1, 0.15) is 12.1 Å². The van der Waals surface area contributed by atoms with Crippen LogP contribution in [0.4, 0.5) is 5.69 Å². The zero-order valence-corrected chi connectivity index (χ0v) is 21.3. The third-order valence-corrected chi connectivity index (χ3v) is 6.84. The Bertz CT molecular complexity index is 1050. The van der Waals surface area contributed by atoms with E-state index in [2.05, 4.69) is 15.7 Å². The number of hydrogen-bond donors (Lipinski definition) is 3. The fourth-order valence-electron chi connectivity index (χ4n) is 4.04. The normalized spacial score (nSPS) is 19.0. The van der Waals surface area contributed by atoms with Crippen LogP contribution in [0.5, 0.6) is 0 Å². The Morgan fingerprint density at radius 1 is 1.24 bits per heavy atom. The number of nitrogens with one attached hydrogen (secondary N) is 2. The second-order valence-corrected chi connectivity index (χ2v) is 10.6. The molecule has 0 spiro atoms. The van der Waals surface area contributed by atoms with E-state index < -0.39 is 29.5 Å². The number of aliphatic hydroxyl groups excluding tert-OH is 1. The fraction of sp³-hybridized carbons (Fsp3) is 0.500. The van der Waals surface area contributed by atoms with E-state index in [1.165, 1.54) is 11.8 Å². The van der Waals surface area contributed by atoms with Crippen molar-refractivity contribution in [3.05, 3.63) is 35.5 Å². The number of likely N-dealkylation sites (tertiary alicyclic amines) is 1. The fourth-order valence-corrected chi connectivity index (χ4v) is 4.86. The Morgan fingerprint density at radius 3 is 2.41 bits per heavy atom. The lowest BCUT2D eigenvalue weighted by atomic mass is 9.85. The summed E-state index contributed by atoms with van der Waals surface area (Å²) in [6.07, 6.45) is -0.684. The molecule has 3 rings (SSSR count). The van der Waals surface area contributed by atoms with Gasteiger partial charge >= 0.3 is 0 Å². The maximum atomic E-state index is 13.3. The van der Waals surface area contributed by atoms with Crippen LogP contribution in [-0.2, 0) is 14.4 Å². The molecule has 1 aromatic heterocycles. The van der Waals surface area contributed by atoms with E-state index in [0.29, 0.717) is 0 Å². The lowest BCUT2D eigenvalue weighted by molar-refractivity contribution is -0.143. The minimum atomic E-state index is -0.845. The van der Waals surface area contributed by atoms with Gasteiger partial charge in [-0.2, -0.15) is 0 Å². The van der Waals surface area contributed by atoms with Crippen molar-refractivity contribution in [2.45, 2.75) is 59.2 Å². The molecule has 34 heavy (non-hydrogen) atoms. The van der Waals surface area contributed by atoms with Crippen LogP contribution in [0.3, 0.4) is 0 Å². The molecule has 0 unspecified atom stereocenters. The average molecular weight is 488 g/mol. The largest absolute Gasteiger partial charge is 0.391 e. The van der Waals surface area contributed by atoms with E-state index >= 15 is 0 Å². The van der Waals surface area contributed by atoms with Gasteiger partial charge < -0.3 is 15.3 Å². The van der Waals surface area contributed by atoms with Crippen molar-refractivity contribution in [3.63, 3.8) is 0 Å². The van der Waals surface area contributed by atoms with Gasteiger partial charge in [0.05, 0.1) is 27.9 Å². The Kier molecular flexibility index (Phi) is 7.62. The summed E-state index contributed by atoms with van der Waals surface area (Å²) in [5.41, 5.74) is 6.85. The summed E-state index contributed by atoms with van der Waals surface area (Å²) in [6.45, 7) is 8.89. The Balaban J connectivity index is 1.72. The van der Waals surface area contributed by atoms with Crippen molar-refractivity contribution in [1.82, 2.24) is 20.6 Å². The third-order valence-electron chi connectivity index (χ3n) is 5.87. The number of carbonyl (C=O) groups is 3. The van der Waals surface area contributed by atoms with Gasteiger partial charge in [-0.25, -0.2) is 4.98 Å². The topological polar surface area (TPSA) is 115 Å². The van der Waals surface area contributed by atoms with Crippen LogP contribution in [0.25, 0.3) is 10.4 Å². The lowest BCUT2D eigenvalue weighted by Crippen LogP contribution is -2.58. The van der Waals surface area contributed by atoms with Gasteiger partial charge in [0.2, 0.25) is 11.8 Å². The number of rotatable bonds is 6. The van der Waals surface area contributed by atoms with Crippen molar-refractivity contribution in [3.8, 4) is 10.4 Å². The monoisotopic (exact) mass is 487 g/mol. The number of amides is 3. The number of nitrogens with zero attached hydrogens (tertiary/aromatic N) is 3. The predicted octanol–water partition coefficient (Wildman–Crippen LogP) is 2.10. The lowest BCUT2D eigenvalue weighted by Gasteiger charge is -2.35. The van der Waals surface area contributed by atoms with Crippen LogP contribution >= 0.6 is 11.3 Å². The van der Waals surface area contributed by atoms with Crippen LogP contribution in [0.15, 0.2) is 29.8 Å². The summed E-state index contributed by atoms with van der Waals surface area (Å²) in [7, 11) is 1.72. The van der Waals surface area contributed by atoms with E-state index in [-0.39, 0.29) is 24.8 Å². The Hall–Kier alpha value is -2.98. The second-order valence-electron chi connectivity index (χ2n) is 9.74. The molecule has 1 fully saturated rings. The zero-order valence-electron chi connectivity index (χ0n) is 20.5. The van der Waals surface area contributed by atoms with E-state index in [0.717, 1.165) is 21.8 Å². The van der Waals surface area contributed by atoms with Gasteiger partial charge in [-0.1, -0.05) is 32.9 Å².